The molecule has 1 aliphatic rings. The molecular weight excluding hydrogens is 292 g/mol. The van der Waals surface area contributed by atoms with Crippen molar-refractivity contribution in [3.8, 4) is 0 Å². The van der Waals surface area contributed by atoms with Crippen LogP contribution in [0.4, 0.5) is 11.8 Å². The molecule has 0 aliphatic carbocycles. The van der Waals surface area contributed by atoms with Gasteiger partial charge in [0.25, 0.3) is 0 Å². The summed E-state index contributed by atoms with van der Waals surface area (Å²) in [5, 5.41) is 7.62. The molecule has 1 aliphatic heterocycles. The fourth-order valence-corrected chi connectivity index (χ4v) is 2.89. The van der Waals surface area contributed by atoms with Gasteiger partial charge in [-0.1, -0.05) is 5.16 Å². The van der Waals surface area contributed by atoms with Crippen molar-refractivity contribution in [2.24, 2.45) is 0 Å². The molecule has 1 unspecified atom stereocenters. The van der Waals surface area contributed by atoms with Crippen molar-refractivity contribution in [3.63, 3.8) is 0 Å². The molecule has 7 heteroatoms. The third kappa shape index (κ3) is 4.19. The summed E-state index contributed by atoms with van der Waals surface area (Å²) >= 11 is 0. The van der Waals surface area contributed by atoms with Crippen LogP contribution in [-0.2, 0) is 6.54 Å². The number of likely N-dealkylation sites (tertiary alicyclic amines) is 1. The van der Waals surface area contributed by atoms with Crippen molar-refractivity contribution in [1.29, 1.82) is 0 Å². The Morgan fingerprint density at radius 2 is 2.30 bits per heavy atom. The third-order valence-electron chi connectivity index (χ3n) is 3.96. The van der Waals surface area contributed by atoms with Crippen molar-refractivity contribution in [3.05, 3.63) is 29.8 Å². The van der Waals surface area contributed by atoms with Crippen LogP contribution < -0.4 is 10.2 Å². The van der Waals surface area contributed by atoms with Gasteiger partial charge in [-0.25, -0.2) is 4.98 Å². The maximum atomic E-state index is 5.15. The standard InChI is InChI=1S/C16H24N6O/c1-12-9-14(20-23-12)11-22-8-4-5-13(10-22)18-15-6-7-17-16(19-15)21(2)3/h6-7,9,13H,4-5,8,10-11H2,1-3H3,(H,17,18,19). The number of hydrogen-bond acceptors (Lipinski definition) is 7. The van der Waals surface area contributed by atoms with Gasteiger partial charge in [0.1, 0.15) is 11.6 Å². The Hall–Kier alpha value is -2.15. The number of piperidine rings is 1. The van der Waals surface area contributed by atoms with Crippen molar-refractivity contribution in [2.45, 2.75) is 32.4 Å². The van der Waals surface area contributed by atoms with E-state index in [1.807, 2.05) is 38.1 Å². The summed E-state index contributed by atoms with van der Waals surface area (Å²) in [5.41, 5.74) is 1.00. The molecule has 2 aromatic heterocycles. The number of rotatable bonds is 5. The first-order valence-corrected chi connectivity index (χ1v) is 8.01. The summed E-state index contributed by atoms with van der Waals surface area (Å²) in [4.78, 5) is 13.1. The number of aryl methyl sites for hydroxylation is 1. The second-order valence-corrected chi connectivity index (χ2v) is 6.28. The molecule has 0 saturated carbocycles. The second kappa shape index (κ2) is 6.95. The number of hydrogen-bond donors (Lipinski definition) is 1. The van der Waals surface area contributed by atoms with Crippen molar-refractivity contribution in [2.75, 3.05) is 37.4 Å². The zero-order valence-electron chi connectivity index (χ0n) is 14.0. The lowest BCUT2D eigenvalue weighted by Gasteiger charge is -2.32. The second-order valence-electron chi connectivity index (χ2n) is 6.28. The number of aromatic nitrogens is 3. The molecule has 0 aromatic carbocycles. The molecule has 23 heavy (non-hydrogen) atoms. The maximum absolute atomic E-state index is 5.15. The summed E-state index contributed by atoms with van der Waals surface area (Å²) in [6.45, 7) is 4.83. The minimum Gasteiger partial charge on any atom is -0.366 e. The van der Waals surface area contributed by atoms with E-state index in [0.717, 1.165) is 49.3 Å². The van der Waals surface area contributed by atoms with Crippen LogP contribution in [0.5, 0.6) is 0 Å². The highest BCUT2D eigenvalue weighted by molar-refractivity contribution is 5.41. The Bertz CT molecular complexity index is 641. The molecule has 7 nitrogen and oxygen atoms in total. The lowest BCUT2D eigenvalue weighted by atomic mass is 10.1. The Morgan fingerprint density at radius 3 is 3.04 bits per heavy atom. The molecule has 0 radical (unpaired) electrons. The number of nitrogens with zero attached hydrogens (tertiary/aromatic N) is 5. The molecular formula is C16H24N6O. The maximum Gasteiger partial charge on any atom is 0.226 e. The van der Waals surface area contributed by atoms with E-state index in [2.05, 4.69) is 25.3 Å². The van der Waals surface area contributed by atoms with Crippen LogP contribution in [0.2, 0.25) is 0 Å². The van der Waals surface area contributed by atoms with Crippen LogP contribution in [0.3, 0.4) is 0 Å². The minimum absolute atomic E-state index is 0.390. The van der Waals surface area contributed by atoms with E-state index in [1.165, 1.54) is 6.42 Å². The summed E-state index contributed by atoms with van der Waals surface area (Å²) in [6.07, 6.45) is 4.11. The van der Waals surface area contributed by atoms with E-state index in [0.29, 0.717) is 6.04 Å². The van der Waals surface area contributed by atoms with E-state index < -0.39 is 0 Å². The van der Waals surface area contributed by atoms with Crippen LogP contribution in [-0.4, -0.2) is 53.3 Å². The Balaban J connectivity index is 1.59. The predicted octanol–water partition coefficient (Wildman–Crippen LogP) is 1.92. The van der Waals surface area contributed by atoms with Gasteiger partial charge in [0.2, 0.25) is 5.95 Å². The van der Waals surface area contributed by atoms with E-state index in [9.17, 15) is 0 Å². The van der Waals surface area contributed by atoms with E-state index in [1.54, 1.807) is 6.20 Å². The van der Waals surface area contributed by atoms with Gasteiger partial charge in [0, 0.05) is 45.5 Å². The predicted molar refractivity (Wildman–Crippen MR) is 89.5 cm³/mol. The topological polar surface area (TPSA) is 70.3 Å². The molecule has 0 bridgehead atoms. The van der Waals surface area contributed by atoms with Gasteiger partial charge >= 0.3 is 0 Å². The first-order valence-electron chi connectivity index (χ1n) is 8.01. The monoisotopic (exact) mass is 316 g/mol. The molecule has 1 fully saturated rings. The summed E-state index contributed by atoms with van der Waals surface area (Å²) < 4.78 is 5.15. The molecule has 1 N–H and O–H groups in total. The largest absolute Gasteiger partial charge is 0.366 e. The normalized spacial score (nSPS) is 18.8. The fraction of sp³-hybridized carbons (Fsp3) is 0.562. The first-order chi connectivity index (χ1) is 11.1. The van der Waals surface area contributed by atoms with Gasteiger partial charge < -0.3 is 14.7 Å². The SMILES string of the molecule is Cc1cc(CN2CCCC(Nc3ccnc(N(C)C)n3)C2)no1. The summed E-state index contributed by atoms with van der Waals surface area (Å²) in [7, 11) is 3.89. The number of anilines is 2. The van der Waals surface area contributed by atoms with Gasteiger partial charge in [-0.3, -0.25) is 4.90 Å². The van der Waals surface area contributed by atoms with Crippen molar-refractivity contribution in [1.82, 2.24) is 20.0 Å². The van der Waals surface area contributed by atoms with E-state index in [4.69, 9.17) is 4.52 Å². The lowest BCUT2D eigenvalue weighted by molar-refractivity contribution is 0.203. The molecule has 1 saturated heterocycles. The highest BCUT2D eigenvalue weighted by Crippen LogP contribution is 2.17. The average Bonchev–Trinajstić information content (AvgIpc) is 2.93. The van der Waals surface area contributed by atoms with Crippen LogP contribution >= 0.6 is 0 Å². The highest BCUT2D eigenvalue weighted by atomic mass is 16.5. The molecule has 0 spiro atoms. The van der Waals surface area contributed by atoms with Gasteiger partial charge in [-0.15, -0.1) is 0 Å². The molecule has 124 valence electrons. The highest BCUT2D eigenvalue weighted by Gasteiger charge is 2.21. The molecule has 2 aromatic rings. The zero-order chi connectivity index (χ0) is 16.2. The minimum atomic E-state index is 0.390. The van der Waals surface area contributed by atoms with Gasteiger partial charge in [-0.05, 0) is 32.4 Å². The molecule has 3 rings (SSSR count). The van der Waals surface area contributed by atoms with Crippen LogP contribution in [0.1, 0.15) is 24.3 Å². The fourth-order valence-electron chi connectivity index (χ4n) is 2.89. The zero-order valence-corrected chi connectivity index (χ0v) is 14.0. The van der Waals surface area contributed by atoms with Crippen LogP contribution in [0.15, 0.2) is 22.9 Å². The molecule has 1 atom stereocenters. The third-order valence-corrected chi connectivity index (χ3v) is 3.96. The molecule has 3 heterocycles. The number of nitrogens with one attached hydrogen (secondary N) is 1. The van der Waals surface area contributed by atoms with E-state index >= 15 is 0 Å². The Morgan fingerprint density at radius 1 is 1.43 bits per heavy atom. The molecule has 0 amide bonds. The Labute approximate surface area is 136 Å². The lowest BCUT2D eigenvalue weighted by Crippen LogP contribution is -2.41. The van der Waals surface area contributed by atoms with Gasteiger partial charge in [0.15, 0.2) is 0 Å². The first kappa shape index (κ1) is 15.7. The summed E-state index contributed by atoms with van der Waals surface area (Å²) in [5.74, 6) is 2.47. The van der Waals surface area contributed by atoms with E-state index in [-0.39, 0.29) is 0 Å². The van der Waals surface area contributed by atoms with Crippen molar-refractivity contribution >= 4 is 11.8 Å². The smallest absolute Gasteiger partial charge is 0.226 e. The van der Waals surface area contributed by atoms with Crippen LogP contribution in [0, 0.1) is 6.92 Å². The van der Waals surface area contributed by atoms with Crippen molar-refractivity contribution < 1.29 is 4.52 Å². The summed E-state index contributed by atoms with van der Waals surface area (Å²) in [6, 6.07) is 4.32. The average molecular weight is 316 g/mol. The van der Waals surface area contributed by atoms with Gasteiger partial charge in [0.05, 0.1) is 5.69 Å². The quantitative estimate of drug-likeness (QED) is 0.903. The van der Waals surface area contributed by atoms with Crippen LogP contribution in [0.25, 0.3) is 0 Å². The van der Waals surface area contributed by atoms with Gasteiger partial charge in [-0.2, -0.15) is 4.98 Å². The Kier molecular flexibility index (Phi) is 4.76.